The van der Waals surface area contributed by atoms with Gasteiger partial charge in [0.1, 0.15) is 11.2 Å². The molecule has 0 aliphatic rings. The van der Waals surface area contributed by atoms with Crippen LogP contribution in [0, 0.1) is 3.57 Å². The second-order valence-corrected chi connectivity index (χ2v) is 10.4. The van der Waals surface area contributed by atoms with Gasteiger partial charge in [-0.05, 0) is 85.8 Å². The molecule has 0 aliphatic carbocycles. The van der Waals surface area contributed by atoms with E-state index in [0.29, 0.717) is 5.13 Å². The van der Waals surface area contributed by atoms with E-state index < -0.39 is 0 Å². The molecule has 0 saturated carbocycles. The maximum Gasteiger partial charge on any atom is 0.262 e. The largest absolute Gasteiger partial charge is 1.00 e. The average molecular weight is 701 g/mol. The number of aromatic nitrogens is 2. The monoisotopic (exact) mass is 701 g/mol. The number of rotatable bonds is 8. The van der Waals surface area contributed by atoms with Crippen molar-refractivity contribution in [2.75, 3.05) is 18.0 Å². The van der Waals surface area contributed by atoms with E-state index in [4.69, 9.17) is 0 Å². The van der Waals surface area contributed by atoms with Gasteiger partial charge < -0.3 is 28.9 Å². The number of anilines is 1. The summed E-state index contributed by atoms with van der Waals surface area (Å²) in [7, 11) is 0. The van der Waals surface area contributed by atoms with Crippen LogP contribution in [0.4, 0.5) is 16.5 Å². The molecule has 0 bridgehead atoms. The fraction of sp³-hybridized carbons (Fsp3) is 0.250. The fourth-order valence-corrected chi connectivity index (χ4v) is 5.72. The smallest absolute Gasteiger partial charge is 0.262 e. The molecule has 0 atom stereocenters. The molecule has 0 N–H and O–H groups in total. The average Bonchev–Trinajstić information content (AvgIpc) is 3.41. The van der Waals surface area contributed by atoms with Crippen molar-refractivity contribution in [2.24, 2.45) is 10.2 Å². The molecule has 0 fully saturated rings. The van der Waals surface area contributed by atoms with Crippen molar-refractivity contribution in [3.63, 3.8) is 0 Å². The molecule has 0 spiro atoms. The lowest BCUT2D eigenvalue weighted by atomic mass is 10.2. The Morgan fingerprint density at radius 3 is 2.45 bits per heavy atom. The molecule has 0 radical (unpaired) electrons. The summed E-state index contributed by atoms with van der Waals surface area (Å²) in [6.45, 7) is 9.43. The quantitative estimate of drug-likeness (QED) is 0.152. The summed E-state index contributed by atoms with van der Waals surface area (Å²) in [5, 5.41) is 10.6. The van der Waals surface area contributed by atoms with Crippen molar-refractivity contribution in [1.29, 1.82) is 0 Å². The first-order valence-corrected chi connectivity index (χ1v) is 13.3. The molecule has 0 amide bonds. The lowest BCUT2D eigenvalue weighted by molar-refractivity contribution is -0.665. The van der Waals surface area contributed by atoms with Crippen molar-refractivity contribution in [3.05, 3.63) is 62.1 Å². The standard InChI is InChI=1S/C24H25IN5S2.HI/c1-4-29(5-2)19-10-8-18(9-11-19)27-28-24-26-16-20(31-24)12-14-23-30(6-3)21-15-17(25)7-13-22(21)32-23;/h7-16H,4-6H2,1-3H3;1H/q+1;/p-1. The topological polar surface area (TPSA) is 44.7 Å². The van der Waals surface area contributed by atoms with E-state index >= 15 is 0 Å². The van der Waals surface area contributed by atoms with Crippen molar-refractivity contribution in [3.8, 4) is 0 Å². The van der Waals surface area contributed by atoms with Crippen LogP contribution in [0.15, 0.2) is 58.9 Å². The van der Waals surface area contributed by atoms with Crippen LogP contribution >= 0.6 is 45.3 Å². The van der Waals surface area contributed by atoms with Gasteiger partial charge in [0.15, 0.2) is 0 Å². The van der Waals surface area contributed by atoms with E-state index in [0.717, 1.165) is 30.2 Å². The van der Waals surface area contributed by atoms with E-state index in [2.05, 4.69) is 111 Å². The highest BCUT2D eigenvalue weighted by Crippen LogP contribution is 2.28. The summed E-state index contributed by atoms with van der Waals surface area (Å²) in [4.78, 5) is 7.77. The lowest BCUT2D eigenvalue weighted by Crippen LogP contribution is -3.00. The van der Waals surface area contributed by atoms with Crippen molar-refractivity contribution < 1.29 is 28.5 Å². The number of benzene rings is 2. The van der Waals surface area contributed by atoms with Crippen molar-refractivity contribution in [2.45, 2.75) is 27.3 Å². The number of halogens is 2. The van der Waals surface area contributed by atoms with E-state index in [-0.39, 0.29) is 24.0 Å². The molecule has 2 heterocycles. The minimum Gasteiger partial charge on any atom is -1.00 e. The van der Waals surface area contributed by atoms with Crippen molar-refractivity contribution >= 4 is 84.1 Å². The van der Waals surface area contributed by atoms with Gasteiger partial charge in [-0.25, -0.2) is 4.98 Å². The van der Waals surface area contributed by atoms with Crippen LogP contribution in [0.5, 0.6) is 0 Å². The number of fused-ring (bicyclic) bond motifs is 1. The van der Waals surface area contributed by atoms with Gasteiger partial charge in [-0.2, -0.15) is 4.57 Å². The number of azo groups is 1. The Morgan fingerprint density at radius 1 is 1.00 bits per heavy atom. The Kier molecular flexibility index (Phi) is 9.77. The van der Waals surface area contributed by atoms with Crippen LogP contribution < -0.4 is 33.4 Å². The Hall–Kier alpha value is -1.44. The van der Waals surface area contributed by atoms with Gasteiger partial charge in [0.05, 0.1) is 5.69 Å². The van der Waals surface area contributed by atoms with Crippen LogP contribution in [0.1, 0.15) is 30.7 Å². The van der Waals surface area contributed by atoms with Crippen LogP contribution in [0.3, 0.4) is 0 Å². The van der Waals surface area contributed by atoms with Gasteiger partial charge in [-0.15, -0.1) is 10.2 Å². The highest BCUT2D eigenvalue weighted by molar-refractivity contribution is 14.1. The van der Waals surface area contributed by atoms with Gasteiger partial charge >= 0.3 is 0 Å². The molecular formula is C24H25I2N5S2. The van der Waals surface area contributed by atoms with E-state index in [1.54, 1.807) is 0 Å². The first kappa shape index (κ1) is 26.2. The SMILES string of the molecule is CCN(CC)c1ccc(N=Nc2ncc(/C=C/c3sc4ccc(I)cc4[n+]3CC)s2)cc1.[I-]. The molecule has 2 aromatic heterocycles. The molecule has 4 aromatic rings. The summed E-state index contributed by atoms with van der Waals surface area (Å²) in [5.41, 5.74) is 3.32. The molecule has 0 unspecified atom stereocenters. The Labute approximate surface area is 233 Å². The number of hydrogen-bond donors (Lipinski definition) is 0. The van der Waals surface area contributed by atoms with Gasteiger partial charge in [-0.3, -0.25) is 0 Å². The first-order chi connectivity index (χ1) is 15.6. The van der Waals surface area contributed by atoms with Crippen LogP contribution in [0.2, 0.25) is 0 Å². The predicted octanol–water partition coefficient (Wildman–Crippen LogP) is 4.71. The van der Waals surface area contributed by atoms with E-state index in [1.807, 2.05) is 29.7 Å². The van der Waals surface area contributed by atoms with Gasteiger partial charge in [-0.1, -0.05) is 22.7 Å². The molecule has 9 heteroatoms. The van der Waals surface area contributed by atoms with E-state index in [9.17, 15) is 0 Å². The van der Waals surface area contributed by atoms with Gasteiger partial charge in [0.2, 0.25) is 10.6 Å². The zero-order valence-corrected chi connectivity index (χ0v) is 24.7. The summed E-state index contributed by atoms with van der Waals surface area (Å²) < 4.78 is 4.91. The first-order valence-electron chi connectivity index (χ1n) is 10.6. The van der Waals surface area contributed by atoms with Crippen LogP contribution in [-0.4, -0.2) is 18.1 Å². The van der Waals surface area contributed by atoms with E-state index in [1.165, 1.54) is 35.8 Å². The van der Waals surface area contributed by atoms with Crippen molar-refractivity contribution in [1.82, 2.24) is 4.98 Å². The third-order valence-corrected chi connectivity index (χ3v) is 7.79. The van der Waals surface area contributed by atoms with Gasteiger partial charge in [0, 0.05) is 45.6 Å². The molecule has 172 valence electrons. The zero-order valence-electron chi connectivity index (χ0n) is 18.7. The Balaban J connectivity index is 0.00000306. The second kappa shape index (κ2) is 12.3. The zero-order chi connectivity index (χ0) is 22.5. The normalized spacial score (nSPS) is 11.5. The third kappa shape index (κ3) is 6.37. The summed E-state index contributed by atoms with van der Waals surface area (Å²) in [6.07, 6.45) is 6.13. The molecule has 4 rings (SSSR count). The molecule has 2 aromatic carbocycles. The summed E-state index contributed by atoms with van der Waals surface area (Å²) >= 11 is 5.71. The number of hydrogen-bond acceptors (Lipinski definition) is 6. The molecule has 0 saturated heterocycles. The number of aryl methyl sites for hydroxylation is 1. The fourth-order valence-electron chi connectivity index (χ4n) is 3.50. The van der Waals surface area contributed by atoms with Gasteiger partial charge in [0.25, 0.3) is 5.01 Å². The Morgan fingerprint density at radius 2 is 1.76 bits per heavy atom. The predicted molar refractivity (Wildman–Crippen MR) is 146 cm³/mol. The minimum absolute atomic E-state index is 0. The number of nitrogens with zero attached hydrogens (tertiary/aromatic N) is 5. The molecule has 5 nitrogen and oxygen atoms in total. The van der Waals surface area contributed by atoms with Crippen LogP contribution in [-0.2, 0) is 6.54 Å². The molecule has 33 heavy (non-hydrogen) atoms. The maximum absolute atomic E-state index is 4.41. The molecule has 0 aliphatic heterocycles. The minimum atomic E-state index is 0. The second-order valence-electron chi connectivity index (χ2n) is 7.06. The third-order valence-electron chi connectivity index (χ3n) is 5.14. The maximum atomic E-state index is 4.41. The number of thiazole rings is 2. The highest BCUT2D eigenvalue weighted by atomic mass is 127. The molecular weight excluding hydrogens is 676 g/mol. The summed E-state index contributed by atoms with van der Waals surface area (Å²) in [5.74, 6) is 0. The van der Waals surface area contributed by atoms with Crippen LogP contribution in [0.25, 0.3) is 22.4 Å². The Bertz CT molecular complexity index is 1260. The lowest BCUT2D eigenvalue weighted by Gasteiger charge is -2.20. The highest BCUT2D eigenvalue weighted by Gasteiger charge is 2.17. The summed E-state index contributed by atoms with van der Waals surface area (Å²) in [6, 6.07) is 14.8.